The summed E-state index contributed by atoms with van der Waals surface area (Å²) in [6.45, 7) is 0.392. The maximum Gasteiger partial charge on any atom is 0.327 e. The molecule has 0 aliphatic heterocycles. The summed E-state index contributed by atoms with van der Waals surface area (Å²) in [5.41, 5.74) is 5.13. The minimum atomic E-state index is -3.26. The Morgan fingerprint density at radius 2 is 2.00 bits per heavy atom. The summed E-state index contributed by atoms with van der Waals surface area (Å²) in [5, 5.41) is 2.81. The van der Waals surface area contributed by atoms with Crippen molar-refractivity contribution in [2.24, 2.45) is 5.73 Å². The van der Waals surface area contributed by atoms with Gasteiger partial charge in [0.2, 0.25) is 0 Å². The van der Waals surface area contributed by atoms with Crippen LogP contribution in [0.2, 0.25) is 0 Å². The van der Waals surface area contributed by atoms with Crippen molar-refractivity contribution in [2.75, 3.05) is 7.05 Å². The Hall–Kier alpha value is -1.00. The molecule has 0 amide bonds. The van der Waals surface area contributed by atoms with Crippen molar-refractivity contribution in [3.05, 3.63) is 35.4 Å². The van der Waals surface area contributed by atoms with Gasteiger partial charge in [-0.2, -0.15) is 8.78 Å². The zero-order valence-corrected chi connectivity index (χ0v) is 7.35. The van der Waals surface area contributed by atoms with E-state index in [9.17, 15) is 8.78 Å². The van der Waals surface area contributed by atoms with Gasteiger partial charge in [0.25, 0.3) is 0 Å². The molecule has 0 saturated heterocycles. The number of rotatable bonds is 3. The second-order valence-electron chi connectivity index (χ2n) is 2.81. The fourth-order valence-electron chi connectivity index (χ4n) is 1.19. The molecule has 0 heterocycles. The molecule has 72 valence electrons. The SMILES string of the molecule is CNCc1ccccc1C(N)(F)F. The highest BCUT2D eigenvalue weighted by Gasteiger charge is 2.27. The summed E-state index contributed by atoms with van der Waals surface area (Å²) >= 11 is 0. The summed E-state index contributed by atoms with van der Waals surface area (Å²) in [5.74, 6) is 0. The summed E-state index contributed by atoms with van der Waals surface area (Å²) < 4.78 is 25.6. The second kappa shape index (κ2) is 3.81. The van der Waals surface area contributed by atoms with Gasteiger partial charge in [0, 0.05) is 12.1 Å². The zero-order valence-electron chi connectivity index (χ0n) is 7.35. The van der Waals surface area contributed by atoms with Gasteiger partial charge in [-0.15, -0.1) is 0 Å². The quantitative estimate of drug-likeness (QED) is 0.700. The largest absolute Gasteiger partial charge is 0.327 e. The number of hydrogen-bond acceptors (Lipinski definition) is 2. The molecule has 0 aliphatic rings. The Morgan fingerprint density at radius 3 is 2.54 bits per heavy atom. The average Bonchev–Trinajstić information content (AvgIpc) is 2.04. The number of alkyl halides is 2. The summed E-state index contributed by atoms with van der Waals surface area (Å²) in [6.07, 6.45) is 0. The van der Waals surface area contributed by atoms with Crippen LogP contribution in [-0.4, -0.2) is 7.05 Å². The lowest BCUT2D eigenvalue weighted by molar-refractivity contribution is 0.00202. The van der Waals surface area contributed by atoms with Crippen LogP contribution in [-0.2, 0) is 12.6 Å². The normalized spacial score (nSPS) is 11.7. The van der Waals surface area contributed by atoms with E-state index in [2.05, 4.69) is 5.32 Å². The topological polar surface area (TPSA) is 38.0 Å². The first-order chi connectivity index (χ1) is 6.05. The van der Waals surface area contributed by atoms with Crippen LogP contribution in [0.1, 0.15) is 11.1 Å². The number of hydrogen-bond donors (Lipinski definition) is 2. The Labute approximate surface area is 75.7 Å². The van der Waals surface area contributed by atoms with E-state index in [0.29, 0.717) is 12.1 Å². The highest BCUT2D eigenvalue weighted by Crippen LogP contribution is 2.24. The fraction of sp³-hybridized carbons (Fsp3) is 0.333. The van der Waals surface area contributed by atoms with E-state index in [1.807, 2.05) is 0 Å². The monoisotopic (exact) mass is 186 g/mol. The van der Waals surface area contributed by atoms with Gasteiger partial charge >= 0.3 is 6.05 Å². The summed E-state index contributed by atoms with van der Waals surface area (Å²) in [4.78, 5) is 0. The molecule has 13 heavy (non-hydrogen) atoms. The van der Waals surface area contributed by atoms with Crippen molar-refractivity contribution in [1.82, 2.24) is 5.32 Å². The van der Waals surface area contributed by atoms with Gasteiger partial charge in [-0.3, -0.25) is 5.73 Å². The average molecular weight is 186 g/mol. The van der Waals surface area contributed by atoms with Crippen LogP contribution < -0.4 is 11.1 Å². The van der Waals surface area contributed by atoms with Crippen LogP contribution in [0.3, 0.4) is 0 Å². The minimum Gasteiger partial charge on any atom is -0.316 e. The number of halogens is 2. The van der Waals surface area contributed by atoms with Crippen LogP contribution in [0.25, 0.3) is 0 Å². The molecule has 0 bridgehead atoms. The van der Waals surface area contributed by atoms with Crippen LogP contribution in [0.5, 0.6) is 0 Å². The number of nitrogens with one attached hydrogen (secondary N) is 1. The molecule has 2 nitrogen and oxygen atoms in total. The molecular formula is C9H12F2N2. The van der Waals surface area contributed by atoms with E-state index in [1.165, 1.54) is 6.07 Å². The Morgan fingerprint density at radius 1 is 1.38 bits per heavy atom. The molecule has 1 aromatic rings. The minimum absolute atomic E-state index is 0.121. The first-order valence-corrected chi connectivity index (χ1v) is 3.95. The predicted molar refractivity (Wildman–Crippen MR) is 47.3 cm³/mol. The Balaban J connectivity index is 3.05. The first-order valence-electron chi connectivity index (χ1n) is 3.95. The van der Waals surface area contributed by atoms with Gasteiger partial charge in [-0.1, -0.05) is 24.3 Å². The van der Waals surface area contributed by atoms with Crippen molar-refractivity contribution in [2.45, 2.75) is 12.6 Å². The molecular weight excluding hydrogens is 174 g/mol. The summed E-state index contributed by atoms with van der Waals surface area (Å²) in [6, 6.07) is 2.98. The van der Waals surface area contributed by atoms with Crippen molar-refractivity contribution in [3.63, 3.8) is 0 Å². The number of benzene rings is 1. The highest BCUT2D eigenvalue weighted by atomic mass is 19.3. The summed E-state index contributed by atoms with van der Waals surface area (Å²) in [7, 11) is 1.70. The van der Waals surface area contributed by atoms with E-state index >= 15 is 0 Å². The first kappa shape index (κ1) is 10.1. The van der Waals surface area contributed by atoms with Gasteiger partial charge in [-0.25, -0.2) is 0 Å². The van der Waals surface area contributed by atoms with Gasteiger partial charge in [0.15, 0.2) is 0 Å². The molecule has 4 heteroatoms. The third-order valence-electron chi connectivity index (χ3n) is 1.74. The molecule has 0 fully saturated rings. The lowest BCUT2D eigenvalue weighted by Crippen LogP contribution is -2.27. The molecule has 1 rings (SSSR count). The van der Waals surface area contributed by atoms with E-state index in [0.717, 1.165) is 0 Å². The third kappa shape index (κ3) is 2.47. The smallest absolute Gasteiger partial charge is 0.316 e. The zero-order chi connectivity index (χ0) is 9.90. The molecule has 3 N–H and O–H groups in total. The van der Waals surface area contributed by atoms with Crippen molar-refractivity contribution >= 4 is 0 Å². The maximum absolute atomic E-state index is 12.8. The van der Waals surface area contributed by atoms with Crippen LogP contribution >= 0.6 is 0 Å². The van der Waals surface area contributed by atoms with Crippen molar-refractivity contribution in [1.29, 1.82) is 0 Å². The Bertz CT molecular complexity index is 281. The molecule has 0 radical (unpaired) electrons. The molecule has 0 aliphatic carbocycles. The van der Waals surface area contributed by atoms with Crippen molar-refractivity contribution < 1.29 is 8.78 Å². The van der Waals surface area contributed by atoms with E-state index in [4.69, 9.17) is 5.73 Å². The molecule has 0 spiro atoms. The molecule has 0 saturated carbocycles. The molecule has 0 aromatic heterocycles. The molecule has 0 atom stereocenters. The van der Waals surface area contributed by atoms with Gasteiger partial charge in [0.05, 0.1) is 0 Å². The van der Waals surface area contributed by atoms with Gasteiger partial charge in [0.1, 0.15) is 0 Å². The molecule has 0 unspecified atom stereocenters. The van der Waals surface area contributed by atoms with Gasteiger partial charge < -0.3 is 5.32 Å². The van der Waals surface area contributed by atoms with Crippen molar-refractivity contribution in [3.8, 4) is 0 Å². The molecule has 1 aromatic carbocycles. The number of nitrogens with two attached hydrogens (primary N) is 1. The fourth-order valence-corrected chi connectivity index (χ4v) is 1.19. The standard InChI is InChI=1S/C9H12F2N2/c1-13-6-7-4-2-3-5-8(7)9(10,11)12/h2-5,13H,6,12H2,1H3. The lowest BCUT2D eigenvalue weighted by atomic mass is 10.1. The van der Waals surface area contributed by atoms with E-state index in [1.54, 1.807) is 25.2 Å². The Kier molecular flexibility index (Phi) is 2.95. The van der Waals surface area contributed by atoms with Gasteiger partial charge in [-0.05, 0) is 12.6 Å². The second-order valence-corrected chi connectivity index (χ2v) is 2.81. The lowest BCUT2D eigenvalue weighted by Gasteiger charge is -2.14. The van der Waals surface area contributed by atoms with Crippen LogP contribution in [0, 0.1) is 0 Å². The van der Waals surface area contributed by atoms with E-state index < -0.39 is 6.05 Å². The highest BCUT2D eigenvalue weighted by molar-refractivity contribution is 5.30. The third-order valence-corrected chi connectivity index (χ3v) is 1.74. The maximum atomic E-state index is 12.8. The predicted octanol–water partition coefficient (Wildman–Crippen LogP) is 1.41. The van der Waals surface area contributed by atoms with Crippen LogP contribution in [0.4, 0.5) is 8.78 Å². The van der Waals surface area contributed by atoms with Crippen LogP contribution in [0.15, 0.2) is 24.3 Å². The van der Waals surface area contributed by atoms with E-state index in [-0.39, 0.29) is 5.56 Å².